The number of rotatable bonds is 4. The summed E-state index contributed by atoms with van der Waals surface area (Å²) in [5, 5.41) is 4.57. The number of hydrogen-bond donors (Lipinski definition) is 1. The Bertz CT molecular complexity index is 478. The quantitative estimate of drug-likeness (QED) is 0.803. The lowest BCUT2D eigenvalue weighted by Gasteiger charge is -2.45. The van der Waals surface area contributed by atoms with E-state index in [0.717, 1.165) is 28.3 Å². The first-order chi connectivity index (χ1) is 9.93. The Morgan fingerprint density at radius 3 is 2.67 bits per heavy atom. The molecule has 0 radical (unpaired) electrons. The van der Waals surface area contributed by atoms with Gasteiger partial charge in [-0.15, -0.1) is 0 Å². The van der Waals surface area contributed by atoms with E-state index in [1.165, 1.54) is 6.42 Å². The molecule has 2 nitrogen and oxygen atoms in total. The molecule has 0 aromatic heterocycles. The fourth-order valence-corrected chi connectivity index (χ4v) is 3.83. The van der Waals surface area contributed by atoms with Crippen LogP contribution in [-0.4, -0.2) is 25.2 Å². The minimum Gasteiger partial charge on any atom is -0.364 e. The molecule has 0 amide bonds. The predicted molar refractivity (Wildman–Crippen MR) is 96.4 cm³/mol. The first kappa shape index (κ1) is 17.1. The molecule has 0 spiro atoms. The van der Waals surface area contributed by atoms with Gasteiger partial charge in [0.1, 0.15) is 0 Å². The second-order valence-electron chi connectivity index (χ2n) is 6.46. The van der Waals surface area contributed by atoms with Gasteiger partial charge in [-0.25, -0.2) is 0 Å². The maximum atomic E-state index is 6.50. The highest BCUT2D eigenvalue weighted by atomic mass is 79.9. The molecule has 1 heterocycles. The second kappa shape index (κ2) is 7.34. The Morgan fingerprint density at radius 2 is 2.10 bits per heavy atom. The summed E-state index contributed by atoms with van der Waals surface area (Å²) in [6, 6.07) is 7.24. The topological polar surface area (TPSA) is 15.3 Å². The van der Waals surface area contributed by atoms with E-state index in [1.54, 1.807) is 0 Å². The molecule has 21 heavy (non-hydrogen) atoms. The Labute approximate surface area is 142 Å². The van der Waals surface area contributed by atoms with Crippen molar-refractivity contribution in [2.24, 2.45) is 11.8 Å². The molecule has 1 aromatic carbocycles. The van der Waals surface area contributed by atoms with Crippen LogP contribution < -0.4 is 10.2 Å². The van der Waals surface area contributed by atoms with E-state index in [1.807, 2.05) is 6.07 Å². The van der Waals surface area contributed by atoms with Crippen molar-refractivity contribution in [1.82, 2.24) is 5.32 Å². The van der Waals surface area contributed by atoms with E-state index in [4.69, 9.17) is 11.6 Å². The van der Waals surface area contributed by atoms with E-state index < -0.39 is 0 Å². The number of anilines is 1. The standard InChI is InChI=1S/C17H26BrClN2/c1-5-12(4)15-10-21(17(9-20-15)11(2)3)16-7-6-13(18)8-14(16)19/h6-8,11-12,15,17,20H,5,9-10H2,1-4H3. The highest BCUT2D eigenvalue weighted by Gasteiger charge is 2.32. The summed E-state index contributed by atoms with van der Waals surface area (Å²) in [5.41, 5.74) is 1.16. The van der Waals surface area contributed by atoms with E-state index in [9.17, 15) is 0 Å². The maximum absolute atomic E-state index is 6.50. The molecule has 0 bridgehead atoms. The van der Waals surface area contributed by atoms with Gasteiger partial charge in [-0.2, -0.15) is 0 Å². The fourth-order valence-electron chi connectivity index (χ4n) is 3.05. The molecule has 3 atom stereocenters. The number of nitrogens with zero attached hydrogens (tertiary/aromatic N) is 1. The summed E-state index contributed by atoms with van der Waals surface area (Å²) in [7, 11) is 0. The smallest absolute Gasteiger partial charge is 0.0650 e. The lowest BCUT2D eigenvalue weighted by molar-refractivity contribution is 0.281. The Balaban J connectivity index is 2.29. The van der Waals surface area contributed by atoms with Gasteiger partial charge in [0.2, 0.25) is 0 Å². The zero-order valence-corrected chi connectivity index (χ0v) is 15.7. The molecular weight excluding hydrogens is 348 g/mol. The van der Waals surface area contributed by atoms with Crippen LogP contribution in [0.2, 0.25) is 5.02 Å². The summed E-state index contributed by atoms with van der Waals surface area (Å²) in [4.78, 5) is 2.51. The van der Waals surface area contributed by atoms with Crippen molar-refractivity contribution in [3.8, 4) is 0 Å². The van der Waals surface area contributed by atoms with Crippen molar-refractivity contribution < 1.29 is 0 Å². The molecule has 1 aliphatic heterocycles. The van der Waals surface area contributed by atoms with Gasteiger partial charge >= 0.3 is 0 Å². The molecular formula is C17H26BrClN2. The lowest BCUT2D eigenvalue weighted by Crippen LogP contribution is -2.60. The van der Waals surface area contributed by atoms with Gasteiger partial charge in [0.25, 0.3) is 0 Å². The summed E-state index contributed by atoms with van der Waals surface area (Å²) < 4.78 is 1.03. The van der Waals surface area contributed by atoms with Crippen molar-refractivity contribution >= 4 is 33.2 Å². The van der Waals surface area contributed by atoms with Crippen LogP contribution >= 0.6 is 27.5 Å². The minimum atomic E-state index is 0.490. The molecule has 1 saturated heterocycles. The zero-order valence-electron chi connectivity index (χ0n) is 13.4. The fraction of sp³-hybridized carbons (Fsp3) is 0.647. The van der Waals surface area contributed by atoms with Crippen molar-refractivity contribution in [3.63, 3.8) is 0 Å². The highest BCUT2D eigenvalue weighted by molar-refractivity contribution is 9.10. The van der Waals surface area contributed by atoms with Crippen molar-refractivity contribution in [1.29, 1.82) is 0 Å². The van der Waals surface area contributed by atoms with Gasteiger partial charge in [0.15, 0.2) is 0 Å². The largest absolute Gasteiger partial charge is 0.364 e. The summed E-state index contributed by atoms with van der Waals surface area (Å²) in [6.07, 6.45) is 1.20. The van der Waals surface area contributed by atoms with Gasteiger partial charge in [-0.1, -0.05) is 61.6 Å². The van der Waals surface area contributed by atoms with E-state index in [0.29, 0.717) is 23.9 Å². The third kappa shape index (κ3) is 3.94. The van der Waals surface area contributed by atoms with Crippen LogP contribution in [0.25, 0.3) is 0 Å². The van der Waals surface area contributed by atoms with Crippen molar-refractivity contribution in [2.75, 3.05) is 18.0 Å². The molecule has 3 unspecified atom stereocenters. The molecule has 118 valence electrons. The van der Waals surface area contributed by atoms with Gasteiger partial charge in [-0.3, -0.25) is 0 Å². The first-order valence-corrected chi connectivity index (χ1v) is 9.06. The molecule has 2 rings (SSSR count). The minimum absolute atomic E-state index is 0.490. The van der Waals surface area contributed by atoms with E-state index in [-0.39, 0.29) is 0 Å². The molecule has 1 aliphatic rings. The van der Waals surface area contributed by atoms with Crippen LogP contribution in [-0.2, 0) is 0 Å². The van der Waals surface area contributed by atoms with Crippen LogP contribution in [0.15, 0.2) is 22.7 Å². The summed E-state index contributed by atoms with van der Waals surface area (Å²) in [6.45, 7) is 11.2. The summed E-state index contributed by atoms with van der Waals surface area (Å²) >= 11 is 10.00. The molecule has 0 saturated carbocycles. The monoisotopic (exact) mass is 372 g/mol. The van der Waals surface area contributed by atoms with Gasteiger partial charge in [-0.05, 0) is 30.0 Å². The average Bonchev–Trinajstić information content (AvgIpc) is 2.45. The van der Waals surface area contributed by atoms with Crippen molar-refractivity contribution in [3.05, 3.63) is 27.7 Å². The second-order valence-corrected chi connectivity index (χ2v) is 7.78. The normalized spacial score (nSPS) is 24.4. The predicted octanol–water partition coefficient (Wildman–Crippen LogP) is 4.95. The number of piperazine rings is 1. The van der Waals surface area contributed by atoms with Crippen LogP contribution in [0.5, 0.6) is 0 Å². The molecule has 1 aromatic rings. The average molecular weight is 374 g/mol. The summed E-state index contributed by atoms with van der Waals surface area (Å²) in [5.74, 6) is 1.27. The number of hydrogen-bond acceptors (Lipinski definition) is 2. The van der Waals surface area contributed by atoms with E-state index in [2.05, 4.69) is 66.0 Å². The number of benzene rings is 1. The van der Waals surface area contributed by atoms with Crippen LogP contribution in [0.3, 0.4) is 0 Å². The van der Waals surface area contributed by atoms with Crippen molar-refractivity contribution in [2.45, 2.75) is 46.2 Å². The Hall–Kier alpha value is -0.250. The zero-order chi connectivity index (χ0) is 15.6. The first-order valence-electron chi connectivity index (χ1n) is 7.89. The van der Waals surface area contributed by atoms with Gasteiger partial charge in [0, 0.05) is 29.6 Å². The van der Waals surface area contributed by atoms with Crippen LogP contribution in [0, 0.1) is 11.8 Å². The van der Waals surface area contributed by atoms with Gasteiger partial charge < -0.3 is 10.2 Å². The van der Waals surface area contributed by atoms with Gasteiger partial charge in [0.05, 0.1) is 10.7 Å². The lowest BCUT2D eigenvalue weighted by atomic mass is 9.91. The molecule has 1 fully saturated rings. The maximum Gasteiger partial charge on any atom is 0.0650 e. The molecule has 0 aliphatic carbocycles. The SMILES string of the molecule is CCC(C)C1CN(c2ccc(Br)cc2Cl)C(C(C)C)CN1. The molecule has 4 heteroatoms. The molecule has 1 N–H and O–H groups in total. The van der Waals surface area contributed by atoms with E-state index >= 15 is 0 Å². The Kier molecular flexibility index (Phi) is 5.98. The van der Waals surface area contributed by atoms with Crippen LogP contribution in [0.1, 0.15) is 34.1 Å². The number of halogens is 2. The third-order valence-electron chi connectivity index (χ3n) is 4.70. The third-order valence-corrected chi connectivity index (χ3v) is 5.50. The number of nitrogens with one attached hydrogen (secondary N) is 1. The Morgan fingerprint density at radius 1 is 1.38 bits per heavy atom. The highest BCUT2D eigenvalue weighted by Crippen LogP contribution is 2.33. The van der Waals surface area contributed by atoms with Crippen LogP contribution in [0.4, 0.5) is 5.69 Å².